The molecule has 0 radical (unpaired) electrons. The summed E-state index contributed by atoms with van der Waals surface area (Å²) in [5.74, 6) is -3.92. The molecule has 121 heavy (non-hydrogen) atoms. The van der Waals surface area contributed by atoms with Crippen LogP contribution in [0.3, 0.4) is 0 Å². The van der Waals surface area contributed by atoms with Crippen LogP contribution < -0.4 is 19.7 Å². The smallest absolute Gasteiger partial charge is 0.480 e. The highest BCUT2D eigenvalue weighted by Crippen LogP contribution is 2.53. The normalized spacial score (nSPS) is 16.1. The fraction of sp³-hybridized carbons (Fsp3) is 0.760. The average Bonchev–Trinajstić information content (AvgIpc) is 0.771. The van der Waals surface area contributed by atoms with Crippen molar-refractivity contribution in [1.29, 1.82) is 0 Å². The number of esters is 3. The lowest BCUT2D eigenvalue weighted by atomic mass is 9.95. The van der Waals surface area contributed by atoms with Gasteiger partial charge in [0.15, 0.2) is 12.4 Å². The number of benzene rings is 3. The monoisotopic (exact) mass is 1720 g/mol. The summed E-state index contributed by atoms with van der Waals surface area (Å²) in [4.78, 5) is 86.3. The predicted molar refractivity (Wildman–Crippen MR) is 485 cm³/mol. The number of unbranched alkanes of at least 4 members (excludes halogenated alkanes) is 46. The third-order valence-electron chi connectivity index (χ3n) is 22.9. The molecule has 2 amide bonds. The Morgan fingerprint density at radius 2 is 0.769 bits per heavy atom. The van der Waals surface area contributed by atoms with Gasteiger partial charge in [0.25, 0.3) is 0 Å². The summed E-state index contributed by atoms with van der Waals surface area (Å²) in [6.07, 6.45) is 47.0. The fourth-order valence-corrected chi connectivity index (χ4v) is 17.2. The molecular weight excluding hydrogens is 1550 g/mol. The Bertz CT molecular complexity index is 3010. The standard InChI is InChI=1S/C100H167N2O18P/c1-6-11-16-21-26-31-34-39-44-49-63-74-91(103)101-89(99(108)109)77-78-113-100-96(102-92(104)79-87(72-57-47-42-37-29-24-19-14-9-4)114-93(105)75-64-50-45-40-35-32-27-22-17-12-7-2)98(117-95(107)80-88(73-58-48-43-38-30-25-20-15-10-5)115-94(106)76-65-51-46-41-36-33-28-23-18-13-8-3)97(90(116-100)82-112-83-111-81-84-66-55-52-56-67-84)120-121(110,118-85-68-59-53-60-69-85)119-86-70-61-54-62-71-86/h52-56,59-62,66-71,87-90,96-98,100H,6-51,57-58,63-65,72-83H2,1-5H3,(H,101,103)(H,102,104)(H,108,109)/t87-,88-,89+,90-,96-,97-,98-,100-/m1/s1. The van der Waals surface area contributed by atoms with E-state index in [1.54, 1.807) is 60.7 Å². The molecule has 8 atom stereocenters. The largest absolute Gasteiger partial charge is 0.588 e. The van der Waals surface area contributed by atoms with Crippen LogP contribution in [0.1, 0.15) is 419 Å². The van der Waals surface area contributed by atoms with E-state index in [4.69, 9.17) is 46.7 Å². The average molecular weight is 1720 g/mol. The summed E-state index contributed by atoms with van der Waals surface area (Å²) >= 11 is 0. The van der Waals surface area contributed by atoms with E-state index < -0.39 is 112 Å². The zero-order valence-corrected chi connectivity index (χ0v) is 77.1. The van der Waals surface area contributed by atoms with Gasteiger partial charge in [-0.2, -0.15) is 0 Å². The Morgan fingerprint density at radius 1 is 0.405 bits per heavy atom. The van der Waals surface area contributed by atoms with Crippen LogP contribution >= 0.6 is 7.82 Å². The number of phosphoric acid groups is 1. The molecule has 0 aromatic heterocycles. The topological polar surface area (TPSA) is 256 Å². The van der Waals surface area contributed by atoms with E-state index >= 15 is 14.2 Å². The van der Waals surface area contributed by atoms with Gasteiger partial charge in [-0.1, -0.05) is 397 Å². The van der Waals surface area contributed by atoms with Crippen LogP contribution in [-0.4, -0.2) is 110 Å². The summed E-state index contributed by atoms with van der Waals surface area (Å²) in [6, 6.07) is 23.0. The van der Waals surface area contributed by atoms with Crippen molar-refractivity contribution in [2.45, 2.75) is 469 Å². The molecule has 1 heterocycles. The number of rotatable bonds is 82. The first-order valence-electron chi connectivity index (χ1n) is 48.8. The first-order valence-corrected chi connectivity index (χ1v) is 50.3. The highest BCUT2D eigenvalue weighted by Gasteiger charge is 2.54. The molecule has 1 aliphatic heterocycles. The summed E-state index contributed by atoms with van der Waals surface area (Å²) in [7, 11) is -5.04. The van der Waals surface area contributed by atoms with Crippen molar-refractivity contribution in [1.82, 2.24) is 10.6 Å². The van der Waals surface area contributed by atoms with Crippen molar-refractivity contribution in [2.24, 2.45) is 0 Å². The van der Waals surface area contributed by atoms with E-state index in [1.807, 2.05) is 30.3 Å². The number of carboxylic acids is 1. The van der Waals surface area contributed by atoms with Gasteiger partial charge in [0.1, 0.15) is 54.8 Å². The summed E-state index contributed by atoms with van der Waals surface area (Å²) in [6.45, 7) is 10.1. The third-order valence-corrected chi connectivity index (χ3v) is 24.3. The van der Waals surface area contributed by atoms with Gasteiger partial charge in [-0.05, 0) is 74.8 Å². The van der Waals surface area contributed by atoms with Crippen molar-refractivity contribution in [3.8, 4) is 11.5 Å². The van der Waals surface area contributed by atoms with E-state index in [1.165, 1.54) is 148 Å². The Hall–Kier alpha value is -5.89. The maximum atomic E-state index is 16.1. The second kappa shape index (κ2) is 73.3. The predicted octanol–water partition coefficient (Wildman–Crippen LogP) is 26.5. The zero-order valence-electron chi connectivity index (χ0n) is 76.2. The van der Waals surface area contributed by atoms with Gasteiger partial charge in [0.2, 0.25) is 11.8 Å². The molecule has 0 aliphatic carbocycles. The molecule has 3 aromatic carbocycles. The lowest BCUT2D eigenvalue weighted by Gasteiger charge is -2.46. The number of carboxylic acid groups (broad SMARTS) is 1. The molecule has 3 N–H and O–H groups in total. The van der Waals surface area contributed by atoms with Gasteiger partial charge < -0.3 is 57.9 Å². The molecule has 1 aliphatic rings. The first kappa shape index (κ1) is 107. The van der Waals surface area contributed by atoms with Crippen LogP contribution in [0.25, 0.3) is 0 Å². The molecule has 20 nitrogen and oxygen atoms in total. The number of carbonyl (C=O) groups is 6. The first-order chi connectivity index (χ1) is 59.2. The van der Waals surface area contributed by atoms with E-state index in [-0.39, 0.29) is 57.0 Å². The second-order valence-corrected chi connectivity index (χ2v) is 35.6. The third kappa shape index (κ3) is 55.9. The summed E-state index contributed by atoms with van der Waals surface area (Å²) in [5.41, 5.74) is 0.868. The van der Waals surface area contributed by atoms with Crippen molar-refractivity contribution >= 4 is 43.5 Å². The zero-order chi connectivity index (χ0) is 87.0. The molecule has 3 aromatic rings. The Balaban J connectivity index is 1.84. The summed E-state index contributed by atoms with van der Waals surface area (Å²) < 4.78 is 81.1. The number of para-hydroxylation sites is 2. The van der Waals surface area contributed by atoms with Gasteiger partial charge in [-0.15, -0.1) is 0 Å². The molecule has 4 rings (SSSR count). The van der Waals surface area contributed by atoms with Crippen LogP contribution in [0, 0.1) is 0 Å². The minimum Gasteiger partial charge on any atom is -0.480 e. The number of amides is 2. The van der Waals surface area contributed by atoms with Crippen LogP contribution in [0.4, 0.5) is 0 Å². The molecule has 0 spiro atoms. The van der Waals surface area contributed by atoms with E-state index in [2.05, 4.69) is 45.3 Å². The number of ether oxygens (including phenoxy) is 7. The molecule has 690 valence electrons. The van der Waals surface area contributed by atoms with Crippen molar-refractivity contribution in [3.63, 3.8) is 0 Å². The van der Waals surface area contributed by atoms with E-state index in [9.17, 15) is 24.3 Å². The van der Waals surface area contributed by atoms with Gasteiger partial charge in [0, 0.05) is 25.7 Å². The van der Waals surface area contributed by atoms with Crippen LogP contribution in [0.15, 0.2) is 91.0 Å². The van der Waals surface area contributed by atoms with Crippen LogP contribution in [0.2, 0.25) is 0 Å². The Kier molecular flexibility index (Phi) is 65.1. The van der Waals surface area contributed by atoms with Gasteiger partial charge in [-0.3, -0.25) is 28.5 Å². The fourth-order valence-electron chi connectivity index (χ4n) is 15.7. The SMILES string of the molecule is CCCCCCCCCCCCCC(=O)N[C@@H](CCO[C@@H]1O[C@H](COCOCc2ccccc2)[C@@H](OP(=O)(Oc2ccccc2)Oc2ccccc2)[C@H](OC(=O)C[C@@H](CCCCCCCCCCC)OC(=O)CCCCCCCCCCCCC)[C@H]1NC(=O)C[C@@H](CCCCCCCCCCC)OC(=O)CCCCCCCCCCCCC)C(=O)O. The highest BCUT2D eigenvalue weighted by molar-refractivity contribution is 7.49. The molecule has 0 saturated carbocycles. The quantitative estimate of drug-likeness (QED) is 0.0156. The van der Waals surface area contributed by atoms with Gasteiger partial charge >= 0.3 is 31.7 Å². The Morgan fingerprint density at radius 3 is 1.17 bits per heavy atom. The van der Waals surface area contributed by atoms with E-state index in [0.29, 0.717) is 44.9 Å². The minimum absolute atomic E-state index is 0.0875. The van der Waals surface area contributed by atoms with Gasteiger partial charge in [0.05, 0.1) is 32.7 Å². The van der Waals surface area contributed by atoms with Crippen LogP contribution in [-0.2, 0) is 77.6 Å². The maximum absolute atomic E-state index is 16.1. The van der Waals surface area contributed by atoms with Crippen molar-refractivity contribution in [3.05, 3.63) is 96.6 Å². The number of carbonyl (C=O) groups excluding carboxylic acids is 5. The molecule has 1 fully saturated rings. The summed E-state index contributed by atoms with van der Waals surface area (Å²) in [5, 5.41) is 16.6. The number of hydrogen-bond donors (Lipinski definition) is 3. The van der Waals surface area contributed by atoms with Crippen molar-refractivity contribution in [2.75, 3.05) is 20.0 Å². The van der Waals surface area contributed by atoms with E-state index in [0.717, 1.165) is 153 Å². The molecular formula is C100H167N2O18P. The molecule has 0 bridgehead atoms. The number of aliphatic carboxylic acids is 1. The number of phosphoric ester groups is 1. The Labute approximate surface area is 732 Å². The number of hydrogen-bond acceptors (Lipinski definition) is 17. The van der Waals surface area contributed by atoms with Gasteiger partial charge in [-0.25, -0.2) is 9.36 Å². The number of nitrogens with one attached hydrogen (secondary N) is 2. The lowest BCUT2D eigenvalue weighted by Crippen LogP contribution is -2.66. The molecule has 21 heteroatoms. The van der Waals surface area contributed by atoms with Crippen LogP contribution in [0.5, 0.6) is 11.5 Å². The molecule has 1 saturated heterocycles. The van der Waals surface area contributed by atoms with Crippen molar-refractivity contribution < 1.29 is 85.2 Å². The molecule has 0 unspecified atom stereocenters. The highest BCUT2D eigenvalue weighted by atomic mass is 31.2. The lowest BCUT2D eigenvalue weighted by molar-refractivity contribution is -0.276. The minimum atomic E-state index is -5.04. The maximum Gasteiger partial charge on any atom is 0.588 e. The second-order valence-electron chi connectivity index (χ2n) is 34.1.